The molecule has 1 saturated heterocycles. The maximum Gasteiger partial charge on any atom is 0.407 e. The molecule has 5 atom stereocenters. The van der Waals surface area contributed by atoms with Gasteiger partial charge in [-0.25, -0.2) is 9.10 Å². The van der Waals surface area contributed by atoms with Crippen LogP contribution in [-0.4, -0.2) is 76.0 Å². The maximum atomic E-state index is 14.1. The largest absolute Gasteiger partial charge is 0.444 e. The molecule has 3 aromatic carbocycles. The second kappa shape index (κ2) is 17.5. The number of hydrogen-bond donors (Lipinski definition) is 4. The Morgan fingerprint density at radius 3 is 2.39 bits per heavy atom. The number of benzene rings is 3. The average Bonchev–Trinajstić information content (AvgIpc) is 3.39. The van der Waals surface area contributed by atoms with Crippen molar-refractivity contribution in [2.45, 2.75) is 89.2 Å². The number of carbonyl (C=O) groups excluding carboxylic acids is 2. The molecule has 5 rings (SSSR count). The lowest BCUT2D eigenvalue weighted by Gasteiger charge is -2.30. The van der Waals surface area contributed by atoms with E-state index < -0.39 is 41.9 Å². The maximum absolute atomic E-state index is 14.1. The number of nitrogens with zero attached hydrogens (tertiary/aromatic N) is 1. The zero-order chi connectivity index (χ0) is 34.8. The molecule has 0 unspecified atom stereocenters. The van der Waals surface area contributed by atoms with E-state index in [1.54, 1.807) is 32.7 Å². The lowest BCUT2D eigenvalue weighted by atomic mass is 9.88. The van der Waals surface area contributed by atoms with Crippen LogP contribution in [0.1, 0.15) is 67.5 Å². The molecule has 49 heavy (non-hydrogen) atoms. The van der Waals surface area contributed by atoms with Gasteiger partial charge in [0.05, 0.1) is 30.9 Å². The summed E-state index contributed by atoms with van der Waals surface area (Å²) in [4.78, 5) is 27.0. The molecular weight excluding hydrogens is 639 g/mol. The number of alkyl carbamates (subject to hydrolysis) is 1. The van der Waals surface area contributed by atoms with Gasteiger partial charge in [0.25, 0.3) is 0 Å². The van der Waals surface area contributed by atoms with E-state index in [2.05, 4.69) is 39.2 Å². The highest BCUT2D eigenvalue weighted by atomic mass is 32.2. The first kappa shape index (κ1) is 36.9. The summed E-state index contributed by atoms with van der Waals surface area (Å²) >= 11 is 1.74. The van der Waals surface area contributed by atoms with E-state index in [1.165, 1.54) is 5.56 Å². The van der Waals surface area contributed by atoms with Gasteiger partial charge in [-0.1, -0.05) is 90.8 Å². The molecule has 1 heterocycles. The Hall–Kier alpha value is -3.41. The molecule has 4 N–H and O–H groups in total. The van der Waals surface area contributed by atoms with Crippen LogP contribution in [0.25, 0.3) is 0 Å². The molecule has 2 amide bonds. The number of ether oxygens (including phenoxy) is 2. The number of fused-ring (bicyclic) bond motifs is 1. The van der Waals surface area contributed by atoms with Crippen molar-refractivity contribution in [1.82, 2.24) is 14.9 Å². The average molecular weight is 690 g/mol. The highest BCUT2D eigenvalue weighted by Gasteiger charge is 2.35. The molecular formula is C39H51N3O6S. The summed E-state index contributed by atoms with van der Waals surface area (Å²) in [6, 6.07) is 24.5. The molecule has 1 aliphatic carbocycles. The van der Waals surface area contributed by atoms with Crippen LogP contribution in [0, 0.1) is 5.92 Å². The standard InChI is InChI=1S/C39H51N3O6S/c1-39(2,3)48-38(46)40-33(23-28-10-5-4-6-11-28)34(43)25-31(37(45)41-36-32-14-8-7-13-30(32)24-35(36)44)22-29-17-15-27(16-18-29)12-9-19-42-20-21-47-26-49-42/h4-8,10-11,13-18,31,33-36,43-44H,9,12,19-26H2,1-3H3,(H,40,46)(H,41,45)/t31-,33+,34+,35-,36+/m1/s1. The molecule has 10 heteroatoms. The van der Waals surface area contributed by atoms with Crippen LogP contribution in [-0.2, 0) is 40.0 Å². The zero-order valence-corrected chi connectivity index (χ0v) is 29.7. The summed E-state index contributed by atoms with van der Waals surface area (Å²) in [5.74, 6) is -0.158. The van der Waals surface area contributed by atoms with Crippen molar-refractivity contribution in [2.75, 3.05) is 25.6 Å². The third kappa shape index (κ3) is 11.3. The van der Waals surface area contributed by atoms with E-state index in [4.69, 9.17) is 9.47 Å². The Labute approximate surface area is 294 Å². The molecule has 0 bridgehead atoms. The minimum Gasteiger partial charge on any atom is -0.444 e. The Kier molecular flexibility index (Phi) is 13.2. The Morgan fingerprint density at radius 1 is 0.980 bits per heavy atom. The first-order valence-electron chi connectivity index (χ1n) is 17.4. The zero-order valence-electron chi connectivity index (χ0n) is 28.8. The van der Waals surface area contributed by atoms with E-state index in [-0.39, 0.29) is 12.3 Å². The molecule has 3 aromatic rings. The van der Waals surface area contributed by atoms with Crippen molar-refractivity contribution >= 4 is 23.9 Å². The minimum absolute atomic E-state index is 0.0998. The number of rotatable bonds is 14. The van der Waals surface area contributed by atoms with Gasteiger partial charge in [0, 0.05) is 25.4 Å². The van der Waals surface area contributed by atoms with Gasteiger partial charge in [0.1, 0.15) is 11.5 Å². The molecule has 1 fully saturated rings. The van der Waals surface area contributed by atoms with Crippen LogP contribution in [0.15, 0.2) is 78.9 Å². The number of aryl methyl sites for hydroxylation is 1. The first-order valence-corrected chi connectivity index (χ1v) is 18.3. The van der Waals surface area contributed by atoms with Crippen LogP contribution in [0.3, 0.4) is 0 Å². The summed E-state index contributed by atoms with van der Waals surface area (Å²) in [6.45, 7) is 8.11. The summed E-state index contributed by atoms with van der Waals surface area (Å²) in [5, 5.41) is 28.6. The lowest BCUT2D eigenvalue weighted by molar-refractivity contribution is -0.127. The van der Waals surface area contributed by atoms with Crippen molar-refractivity contribution in [1.29, 1.82) is 0 Å². The van der Waals surface area contributed by atoms with E-state index in [9.17, 15) is 19.8 Å². The molecule has 264 valence electrons. The fraction of sp³-hybridized carbons (Fsp3) is 0.487. The normalized spacial score (nSPS) is 19.8. The molecule has 1 aliphatic heterocycles. The van der Waals surface area contributed by atoms with E-state index in [1.807, 2.05) is 54.6 Å². The third-order valence-corrected chi connectivity index (χ3v) is 10.0. The van der Waals surface area contributed by atoms with Crippen LogP contribution in [0.2, 0.25) is 0 Å². The molecule has 0 spiro atoms. The van der Waals surface area contributed by atoms with Gasteiger partial charge >= 0.3 is 6.09 Å². The Bertz CT molecular complexity index is 1490. The second-order valence-electron chi connectivity index (χ2n) is 14.1. The fourth-order valence-electron chi connectivity index (χ4n) is 6.53. The monoisotopic (exact) mass is 689 g/mol. The summed E-state index contributed by atoms with van der Waals surface area (Å²) in [5.41, 5.74) is 4.38. The van der Waals surface area contributed by atoms with E-state index >= 15 is 0 Å². The first-order chi connectivity index (χ1) is 23.5. The van der Waals surface area contributed by atoms with E-state index in [0.717, 1.165) is 54.8 Å². The van der Waals surface area contributed by atoms with Gasteiger partial charge in [0.15, 0.2) is 0 Å². The third-order valence-electron chi connectivity index (χ3n) is 9.05. The molecule has 9 nitrogen and oxygen atoms in total. The van der Waals surface area contributed by atoms with Gasteiger partial charge in [-0.05, 0) is 80.7 Å². The Balaban J connectivity index is 1.31. The molecule has 2 aliphatic rings. The van der Waals surface area contributed by atoms with Gasteiger partial charge in [-0.3, -0.25) is 4.79 Å². The predicted molar refractivity (Wildman–Crippen MR) is 193 cm³/mol. The van der Waals surface area contributed by atoms with E-state index in [0.29, 0.717) is 25.2 Å². The van der Waals surface area contributed by atoms with Gasteiger partial charge in [-0.2, -0.15) is 0 Å². The van der Waals surface area contributed by atoms with Gasteiger partial charge < -0.3 is 30.3 Å². The number of nitrogens with one attached hydrogen (secondary N) is 2. The number of amides is 2. The highest BCUT2D eigenvalue weighted by Crippen LogP contribution is 2.32. The lowest BCUT2D eigenvalue weighted by Crippen LogP contribution is -2.48. The summed E-state index contributed by atoms with van der Waals surface area (Å²) in [7, 11) is 0. The second-order valence-corrected chi connectivity index (χ2v) is 15.1. The topological polar surface area (TPSA) is 120 Å². The number of aliphatic hydroxyl groups excluding tert-OH is 2. The van der Waals surface area contributed by atoms with Crippen LogP contribution < -0.4 is 10.6 Å². The van der Waals surface area contributed by atoms with Crippen molar-refractivity contribution in [3.05, 3.63) is 107 Å². The van der Waals surface area contributed by atoms with Crippen molar-refractivity contribution in [3.8, 4) is 0 Å². The highest BCUT2D eigenvalue weighted by molar-refractivity contribution is 7.96. The van der Waals surface area contributed by atoms with Crippen molar-refractivity contribution < 1.29 is 29.3 Å². The van der Waals surface area contributed by atoms with Crippen molar-refractivity contribution in [2.24, 2.45) is 5.92 Å². The van der Waals surface area contributed by atoms with Gasteiger partial charge in [-0.15, -0.1) is 0 Å². The molecule has 0 radical (unpaired) electrons. The quantitative estimate of drug-likeness (QED) is 0.167. The number of aliphatic hydroxyl groups is 2. The number of hydrogen-bond acceptors (Lipinski definition) is 8. The summed E-state index contributed by atoms with van der Waals surface area (Å²) < 4.78 is 13.3. The SMILES string of the molecule is CC(C)(C)OC(=O)N[C@@H](Cc1ccccc1)[C@@H](O)C[C@@H](Cc1ccc(CCCN2CCOCS2)cc1)C(=O)N[C@H]1c2ccccc2C[C@H]1O. The van der Waals surface area contributed by atoms with Crippen LogP contribution >= 0.6 is 11.9 Å². The molecule has 0 aromatic heterocycles. The van der Waals surface area contributed by atoms with Crippen LogP contribution in [0.5, 0.6) is 0 Å². The minimum atomic E-state index is -1.05. The Morgan fingerprint density at radius 2 is 1.67 bits per heavy atom. The number of carbonyl (C=O) groups is 2. The smallest absolute Gasteiger partial charge is 0.407 e. The summed E-state index contributed by atoms with van der Waals surface area (Å²) in [6.07, 6.45) is 0.913. The van der Waals surface area contributed by atoms with Gasteiger partial charge in [0.2, 0.25) is 5.91 Å². The van der Waals surface area contributed by atoms with Crippen molar-refractivity contribution in [3.63, 3.8) is 0 Å². The molecule has 0 saturated carbocycles. The fourth-order valence-corrected chi connectivity index (χ4v) is 7.34. The predicted octanol–water partition coefficient (Wildman–Crippen LogP) is 5.38. The van der Waals surface area contributed by atoms with Crippen LogP contribution in [0.4, 0.5) is 4.79 Å².